The van der Waals surface area contributed by atoms with E-state index in [-0.39, 0.29) is 30.4 Å². The molecule has 0 aliphatic carbocycles. The fraction of sp³-hybridized carbons (Fsp3) is 0.474. The average molecular weight is 394 g/mol. The van der Waals surface area contributed by atoms with Crippen LogP contribution in [0.2, 0.25) is 0 Å². The number of allylic oxidation sites excluding steroid dienone is 2. The van der Waals surface area contributed by atoms with Crippen molar-refractivity contribution in [2.45, 2.75) is 25.3 Å². The maximum atomic E-state index is 14.1. The molecule has 9 heteroatoms. The summed E-state index contributed by atoms with van der Waals surface area (Å²) in [6.45, 7) is 1.55. The van der Waals surface area contributed by atoms with Gasteiger partial charge in [-0.15, -0.1) is 0 Å². The quantitative estimate of drug-likeness (QED) is 0.524. The van der Waals surface area contributed by atoms with Crippen molar-refractivity contribution in [3.8, 4) is 0 Å². The molecule has 1 rings (SSSR count). The Morgan fingerprint density at radius 1 is 1.32 bits per heavy atom. The van der Waals surface area contributed by atoms with Crippen molar-refractivity contribution in [1.29, 1.82) is 0 Å². The van der Waals surface area contributed by atoms with Gasteiger partial charge in [-0.1, -0.05) is 0 Å². The second-order valence-electron chi connectivity index (χ2n) is 6.16. The number of rotatable bonds is 7. The number of nitrogens with one attached hydrogen (secondary N) is 3. The molecule has 0 saturated carbocycles. The molecule has 0 saturated heterocycles. The number of hydrogen-bond donors (Lipinski definition) is 3. The van der Waals surface area contributed by atoms with Crippen LogP contribution < -0.4 is 16.0 Å². The van der Waals surface area contributed by atoms with Gasteiger partial charge in [-0.05, 0) is 24.8 Å². The van der Waals surface area contributed by atoms with Crippen molar-refractivity contribution in [2.24, 2.45) is 0 Å². The molecule has 8 nitrogen and oxygen atoms in total. The number of hydrogen-bond acceptors (Lipinski definition) is 6. The molecule has 0 fully saturated rings. The summed E-state index contributed by atoms with van der Waals surface area (Å²) >= 11 is 0. The van der Waals surface area contributed by atoms with Crippen LogP contribution in [0, 0.1) is 0 Å². The first-order chi connectivity index (χ1) is 13.5. The first-order valence-corrected chi connectivity index (χ1v) is 9.04. The van der Waals surface area contributed by atoms with Gasteiger partial charge < -0.3 is 25.6 Å². The van der Waals surface area contributed by atoms with E-state index < -0.39 is 23.7 Å². The number of amides is 2. The first kappa shape index (κ1) is 23.2. The summed E-state index contributed by atoms with van der Waals surface area (Å²) in [5.74, 6) is -1.60. The first-order valence-electron chi connectivity index (χ1n) is 9.04. The van der Waals surface area contributed by atoms with Gasteiger partial charge in [0.1, 0.15) is 18.2 Å². The summed E-state index contributed by atoms with van der Waals surface area (Å²) in [6.07, 6.45) is 5.29. The molecule has 154 valence electrons. The molecule has 1 atom stereocenters. The van der Waals surface area contributed by atoms with E-state index in [1.165, 1.54) is 26.4 Å². The Kier molecular flexibility index (Phi) is 10.4. The third kappa shape index (κ3) is 7.07. The molecule has 0 aromatic rings. The molecule has 3 N–H and O–H groups in total. The van der Waals surface area contributed by atoms with E-state index in [4.69, 9.17) is 0 Å². The van der Waals surface area contributed by atoms with Crippen LogP contribution in [0.15, 0.2) is 35.3 Å². The standard InChI is InChI=1S/C19H27FN4O4/c1-21-18(27)17(4-3-11-25)24(2)19(28)16-6-8-23-10-9-22-7-5-15(20)12-14(16)13-26/h6,8,11-13,17,22-23H,3-5,7,9-10H2,1-2H3,(H,21,27)/b8-6+,15-12+,16-14-. The van der Waals surface area contributed by atoms with Gasteiger partial charge in [0.15, 0.2) is 6.29 Å². The number of carbonyl (C=O) groups excluding carboxylic acids is 4. The number of nitrogens with zero attached hydrogens (tertiary/aromatic N) is 1. The molecule has 1 heterocycles. The Hall–Kier alpha value is -2.81. The van der Waals surface area contributed by atoms with Crippen LogP contribution >= 0.6 is 0 Å². The van der Waals surface area contributed by atoms with Gasteiger partial charge in [-0.3, -0.25) is 14.4 Å². The normalized spacial score (nSPS) is 22.2. The van der Waals surface area contributed by atoms with E-state index in [0.29, 0.717) is 32.2 Å². The van der Waals surface area contributed by atoms with Crippen LogP contribution in [0.4, 0.5) is 4.39 Å². The van der Waals surface area contributed by atoms with E-state index in [9.17, 15) is 23.6 Å². The Balaban J connectivity index is 3.30. The Morgan fingerprint density at radius 3 is 2.71 bits per heavy atom. The summed E-state index contributed by atoms with van der Waals surface area (Å²) in [5, 5.41) is 8.48. The zero-order valence-corrected chi connectivity index (χ0v) is 16.2. The number of carbonyl (C=O) groups is 4. The predicted octanol–water partition coefficient (Wildman–Crippen LogP) is -0.0160. The molecule has 0 aromatic carbocycles. The van der Waals surface area contributed by atoms with Gasteiger partial charge in [0.25, 0.3) is 5.91 Å². The van der Waals surface area contributed by atoms with Crippen molar-refractivity contribution >= 4 is 24.4 Å². The highest BCUT2D eigenvalue weighted by Gasteiger charge is 2.28. The van der Waals surface area contributed by atoms with Crippen LogP contribution in [0.1, 0.15) is 19.3 Å². The Morgan fingerprint density at radius 2 is 2.07 bits per heavy atom. The minimum atomic E-state index is -0.899. The lowest BCUT2D eigenvalue weighted by Gasteiger charge is -2.27. The van der Waals surface area contributed by atoms with Crippen molar-refractivity contribution in [3.63, 3.8) is 0 Å². The molecular formula is C19H27FN4O4. The van der Waals surface area contributed by atoms with Crippen LogP contribution in [0.5, 0.6) is 0 Å². The molecule has 0 spiro atoms. The van der Waals surface area contributed by atoms with Gasteiger partial charge in [-0.2, -0.15) is 0 Å². The lowest BCUT2D eigenvalue weighted by atomic mass is 10.0. The summed E-state index contributed by atoms with van der Waals surface area (Å²) in [5.41, 5.74) is -0.173. The maximum Gasteiger partial charge on any atom is 0.255 e. The minimum absolute atomic E-state index is 0.0475. The molecule has 1 unspecified atom stereocenters. The topological polar surface area (TPSA) is 108 Å². The molecule has 1 aliphatic rings. The van der Waals surface area contributed by atoms with Gasteiger partial charge in [0, 0.05) is 52.1 Å². The fourth-order valence-corrected chi connectivity index (χ4v) is 2.65. The largest absolute Gasteiger partial charge is 0.390 e. The van der Waals surface area contributed by atoms with Crippen molar-refractivity contribution in [1.82, 2.24) is 20.9 Å². The maximum absolute atomic E-state index is 14.1. The molecule has 1 aliphatic heterocycles. The second-order valence-corrected chi connectivity index (χ2v) is 6.16. The summed E-state index contributed by atoms with van der Waals surface area (Å²) in [4.78, 5) is 48.6. The van der Waals surface area contributed by atoms with Crippen LogP contribution in [-0.2, 0) is 19.2 Å². The van der Waals surface area contributed by atoms with Gasteiger partial charge in [0.2, 0.25) is 5.91 Å². The Labute approximate surface area is 163 Å². The smallest absolute Gasteiger partial charge is 0.255 e. The van der Waals surface area contributed by atoms with Crippen LogP contribution in [0.25, 0.3) is 0 Å². The number of likely N-dealkylation sites (N-methyl/N-ethyl adjacent to an activating group) is 2. The third-order valence-electron chi connectivity index (χ3n) is 4.23. The highest BCUT2D eigenvalue weighted by atomic mass is 19.1. The highest BCUT2D eigenvalue weighted by molar-refractivity contribution is 6.04. The molecule has 0 aromatic heterocycles. The zero-order chi connectivity index (χ0) is 20.9. The average Bonchev–Trinajstić information content (AvgIpc) is 2.69. The van der Waals surface area contributed by atoms with Crippen molar-refractivity contribution in [2.75, 3.05) is 33.7 Å². The van der Waals surface area contributed by atoms with Gasteiger partial charge in [0.05, 0.1) is 5.57 Å². The Bertz CT molecular complexity index is 673. The highest BCUT2D eigenvalue weighted by Crippen LogP contribution is 2.17. The van der Waals surface area contributed by atoms with E-state index in [0.717, 1.165) is 11.0 Å². The van der Waals surface area contributed by atoms with Crippen molar-refractivity contribution in [3.05, 3.63) is 35.3 Å². The van der Waals surface area contributed by atoms with Gasteiger partial charge >= 0.3 is 0 Å². The zero-order valence-electron chi connectivity index (χ0n) is 16.2. The molecule has 2 amide bonds. The van der Waals surface area contributed by atoms with E-state index >= 15 is 0 Å². The SMILES string of the molecule is CNC(=O)C(CCC=O)N(C)C(=O)C1=C(C=O)/C=C(/F)CCNCCN\C=C\1. The molecular weight excluding hydrogens is 367 g/mol. The molecule has 28 heavy (non-hydrogen) atoms. The number of aldehydes is 2. The lowest BCUT2D eigenvalue weighted by molar-refractivity contribution is -0.136. The summed E-state index contributed by atoms with van der Waals surface area (Å²) in [7, 11) is 2.83. The van der Waals surface area contributed by atoms with Gasteiger partial charge in [-0.25, -0.2) is 4.39 Å². The predicted molar refractivity (Wildman–Crippen MR) is 103 cm³/mol. The summed E-state index contributed by atoms with van der Waals surface area (Å²) in [6, 6.07) is -0.899. The second kappa shape index (κ2) is 12.6. The van der Waals surface area contributed by atoms with Crippen molar-refractivity contribution < 1.29 is 23.6 Å². The van der Waals surface area contributed by atoms with Crippen LogP contribution in [0.3, 0.4) is 0 Å². The lowest BCUT2D eigenvalue weighted by Crippen LogP contribution is -2.47. The molecule has 0 bridgehead atoms. The van der Waals surface area contributed by atoms with Crippen LogP contribution in [-0.4, -0.2) is 69.1 Å². The van der Waals surface area contributed by atoms with E-state index in [2.05, 4.69) is 16.0 Å². The minimum Gasteiger partial charge on any atom is -0.390 e. The fourth-order valence-electron chi connectivity index (χ4n) is 2.65. The molecule has 0 radical (unpaired) electrons. The number of halogens is 1. The monoisotopic (exact) mass is 394 g/mol. The van der Waals surface area contributed by atoms with E-state index in [1.807, 2.05) is 0 Å². The van der Waals surface area contributed by atoms with E-state index in [1.54, 1.807) is 0 Å². The third-order valence-corrected chi connectivity index (χ3v) is 4.23. The summed E-state index contributed by atoms with van der Waals surface area (Å²) < 4.78 is 14.1.